The highest BCUT2D eigenvalue weighted by molar-refractivity contribution is 5.72. The smallest absolute Gasteiger partial charge is 0.221 e. The van der Waals surface area contributed by atoms with Crippen molar-refractivity contribution in [3.05, 3.63) is 35.7 Å². The molecule has 1 fully saturated rings. The molecule has 158 valence electrons. The lowest BCUT2D eigenvalue weighted by Crippen LogP contribution is -2.29. The van der Waals surface area contributed by atoms with Crippen LogP contribution in [0.3, 0.4) is 0 Å². The van der Waals surface area contributed by atoms with Crippen molar-refractivity contribution in [2.24, 2.45) is 7.05 Å². The van der Waals surface area contributed by atoms with Crippen LogP contribution in [0, 0.1) is 0 Å². The second-order valence-corrected chi connectivity index (χ2v) is 7.50. The lowest BCUT2D eigenvalue weighted by atomic mass is 10.1. The Bertz CT molecular complexity index is 785. The van der Waals surface area contributed by atoms with Crippen LogP contribution in [0.4, 0.5) is 5.95 Å². The Hall–Kier alpha value is -2.61. The minimum Gasteiger partial charge on any atom is -0.494 e. The molecule has 0 spiro atoms. The molecular weight excluding hydrogens is 368 g/mol. The topological polar surface area (TPSA) is 84.3 Å². The van der Waals surface area contributed by atoms with Crippen molar-refractivity contribution in [3.8, 4) is 5.75 Å². The fraction of sp³-hybridized carbons (Fsp3) is 0.571. The Labute approximate surface area is 172 Å². The number of nitrogens with one attached hydrogen (secondary N) is 2. The third kappa shape index (κ3) is 7.05. The fourth-order valence-corrected chi connectivity index (χ4v) is 3.44. The number of nitrogens with zero attached hydrogens (tertiary/aromatic N) is 4. The highest BCUT2D eigenvalue weighted by atomic mass is 16.5. The second kappa shape index (κ2) is 10.8. The Kier molecular flexibility index (Phi) is 7.86. The number of hydrogen-bond acceptors (Lipinski definition) is 6. The van der Waals surface area contributed by atoms with E-state index in [1.165, 1.54) is 44.8 Å². The molecule has 1 amide bonds. The average molecular weight is 401 g/mol. The summed E-state index contributed by atoms with van der Waals surface area (Å²) in [6.45, 7) is 6.59. The number of benzene rings is 1. The molecule has 3 rings (SSSR count). The van der Waals surface area contributed by atoms with Gasteiger partial charge in [-0.3, -0.25) is 9.69 Å². The van der Waals surface area contributed by atoms with E-state index in [1.54, 1.807) is 4.68 Å². The predicted molar refractivity (Wildman–Crippen MR) is 113 cm³/mol. The van der Waals surface area contributed by atoms with E-state index in [2.05, 4.69) is 43.8 Å². The molecule has 1 aliphatic heterocycles. The maximum atomic E-state index is 11.0. The monoisotopic (exact) mass is 400 g/mol. The largest absolute Gasteiger partial charge is 0.494 e. The van der Waals surface area contributed by atoms with Crippen LogP contribution >= 0.6 is 0 Å². The zero-order valence-electron chi connectivity index (χ0n) is 17.5. The number of likely N-dealkylation sites (tertiary alicyclic amines) is 1. The number of ether oxygens (including phenoxy) is 1. The third-order valence-electron chi connectivity index (χ3n) is 4.93. The van der Waals surface area contributed by atoms with E-state index in [0.29, 0.717) is 24.9 Å². The normalized spacial score (nSPS) is 14.6. The summed E-state index contributed by atoms with van der Waals surface area (Å²) < 4.78 is 7.61. The van der Waals surface area contributed by atoms with Gasteiger partial charge >= 0.3 is 0 Å². The van der Waals surface area contributed by atoms with E-state index in [-0.39, 0.29) is 5.91 Å². The number of rotatable bonds is 10. The molecule has 1 aromatic carbocycles. The molecule has 2 aromatic rings. The van der Waals surface area contributed by atoms with Crippen molar-refractivity contribution in [1.82, 2.24) is 25.0 Å². The number of piperidine rings is 1. The van der Waals surface area contributed by atoms with Gasteiger partial charge < -0.3 is 15.4 Å². The van der Waals surface area contributed by atoms with Crippen LogP contribution in [0.25, 0.3) is 0 Å². The van der Waals surface area contributed by atoms with Gasteiger partial charge in [-0.2, -0.15) is 10.1 Å². The van der Waals surface area contributed by atoms with Crippen LogP contribution < -0.4 is 15.4 Å². The van der Waals surface area contributed by atoms with Gasteiger partial charge in [0.1, 0.15) is 5.75 Å². The maximum Gasteiger partial charge on any atom is 0.221 e. The summed E-state index contributed by atoms with van der Waals surface area (Å²) in [6.07, 6.45) is 4.83. The van der Waals surface area contributed by atoms with E-state index < -0.39 is 0 Å². The molecule has 29 heavy (non-hydrogen) atoms. The lowest BCUT2D eigenvalue weighted by molar-refractivity contribution is -0.119. The van der Waals surface area contributed by atoms with Crippen molar-refractivity contribution >= 4 is 11.9 Å². The first-order valence-corrected chi connectivity index (χ1v) is 10.4. The van der Waals surface area contributed by atoms with Crippen LogP contribution in [0.1, 0.15) is 44.0 Å². The van der Waals surface area contributed by atoms with Gasteiger partial charge in [0.25, 0.3) is 0 Å². The standard InChI is InChI=1S/C21H32N6O2/c1-17(28)23-15-20-24-21(26(2)25-20)22-10-7-13-29-19-9-6-8-18(14-19)16-27-11-4-3-5-12-27/h6,8-9,14H,3-5,7,10-13,15-16H2,1-2H3,(H,23,28)(H,22,24,25). The van der Waals surface area contributed by atoms with Crippen LogP contribution in [-0.2, 0) is 24.9 Å². The number of carbonyl (C=O) groups excluding carboxylic acids is 1. The average Bonchev–Trinajstić information content (AvgIpc) is 3.07. The highest BCUT2D eigenvalue weighted by Gasteiger charge is 2.11. The van der Waals surface area contributed by atoms with Crippen LogP contribution in [0.15, 0.2) is 24.3 Å². The number of hydrogen-bond donors (Lipinski definition) is 2. The summed E-state index contributed by atoms with van der Waals surface area (Å²) in [6, 6.07) is 8.42. The van der Waals surface area contributed by atoms with Crippen molar-refractivity contribution in [2.45, 2.75) is 45.7 Å². The summed E-state index contributed by atoms with van der Waals surface area (Å²) in [5.41, 5.74) is 1.31. The Morgan fingerprint density at radius 1 is 1.24 bits per heavy atom. The van der Waals surface area contributed by atoms with E-state index >= 15 is 0 Å². The van der Waals surface area contributed by atoms with Crippen molar-refractivity contribution < 1.29 is 9.53 Å². The van der Waals surface area contributed by atoms with Crippen molar-refractivity contribution in [3.63, 3.8) is 0 Å². The third-order valence-corrected chi connectivity index (χ3v) is 4.93. The molecule has 8 nitrogen and oxygen atoms in total. The number of carbonyl (C=O) groups is 1. The van der Waals surface area contributed by atoms with Gasteiger partial charge in [0, 0.05) is 27.1 Å². The lowest BCUT2D eigenvalue weighted by Gasteiger charge is -2.26. The molecule has 0 saturated carbocycles. The van der Waals surface area contributed by atoms with Crippen LogP contribution in [0.2, 0.25) is 0 Å². The van der Waals surface area contributed by atoms with Gasteiger partial charge in [-0.05, 0) is 50.0 Å². The van der Waals surface area contributed by atoms with E-state index in [0.717, 1.165) is 25.3 Å². The van der Waals surface area contributed by atoms with Gasteiger partial charge in [-0.15, -0.1) is 0 Å². The zero-order valence-corrected chi connectivity index (χ0v) is 17.5. The summed E-state index contributed by atoms with van der Waals surface area (Å²) in [7, 11) is 1.83. The van der Waals surface area contributed by atoms with Gasteiger partial charge in [-0.25, -0.2) is 4.68 Å². The molecule has 0 bridgehead atoms. The fourth-order valence-electron chi connectivity index (χ4n) is 3.44. The van der Waals surface area contributed by atoms with Gasteiger partial charge in [0.15, 0.2) is 5.82 Å². The van der Waals surface area contributed by atoms with Gasteiger partial charge in [0.2, 0.25) is 11.9 Å². The summed E-state index contributed by atoms with van der Waals surface area (Å²) in [4.78, 5) is 17.9. The number of aromatic nitrogens is 3. The number of anilines is 1. The zero-order chi connectivity index (χ0) is 20.5. The van der Waals surface area contributed by atoms with Crippen molar-refractivity contribution in [2.75, 3.05) is 31.6 Å². The molecule has 8 heteroatoms. The van der Waals surface area contributed by atoms with Gasteiger partial charge in [-0.1, -0.05) is 18.6 Å². The number of aryl methyl sites for hydroxylation is 1. The maximum absolute atomic E-state index is 11.0. The predicted octanol–water partition coefficient (Wildman–Crippen LogP) is 2.32. The molecule has 1 aliphatic rings. The highest BCUT2D eigenvalue weighted by Crippen LogP contribution is 2.17. The molecule has 1 saturated heterocycles. The minimum atomic E-state index is -0.0934. The Morgan fingerprint density at radius 3 is 2.86 bits per heavy atom. The Balaban J connectivity index is 1.37. The van der Waals surface area contributed by atoms with E-state index in [1.807, 2.05) is 13.1 Å². The second-order valence-electron chi connectivity index (χ2n) is 7.50. The summed E-state index contributed by atoms with van der Waals surface area (Å²) >= 11 is 0. The summed E-state index contributed by atoms with van der Waals surface area (Å²) in [5, 5.41) is 10.2. The minimum absolute atomic E-state index is 0.0934. The first-order valence-electron chi connectivity index (χ1n) is 10.4. The first-order chi connectivity index (χ1) is 14.1. The van der Waals surface area contributed by atoms with Crippen LogP contribution in [-0.4, -0.2) is 51.8 Å². The molecule has 0 aliphatic carbocycles. The molecule has 1 aromatic heterocycles. The molecule has 2 N–H and O–H groups in total. The van der Waals surface area contributed by atoms with Crippen LogP contribution in [0.5, 0.6) is 5.75 Å². The van der Waals surface area contributed by atoms with Crippen molar-refractivity contribution in [1.29, 1.82) is 0 Å². The molecule has 2 heterocycles. The van der Waals surface area contributed by atoms with E-state index in [4.69, 9.17) is 4.74 Å². The van der Waals surface area contributed by atoms with Gasteiger partial charge in [0.05, 0.1) is 13.2 Å². The quantitative estimate of drug-likeness (QED) is 0.596. The number of amides is 1. The van der Waals surface area contributed by atoms with E-state index in [9.17, 15) is 4.79 Å². The molecular formula is C21H32N6O2. The SMILES string of the molecule is CC(=O)NCc1nc(NCCCOc2cccc(CN3CCCCC3)c2)n(C)n1. The summed E-state index contributed by atoms with van der Waals surface area (Å²) in [5.74, 6) is 2.11. The Morgan fingerprint density at radius 2 is 2.07 bits per heavy atom. The molecule has 0 atom stereocenters. The first kappa shape index (κ1) is 21.1. The molecule has 0 unspecified atom stereocenters. The molecule has 0 radical (unpaired) electrons.